The van der Waals surface area contributed by atoms with Gasteiger partial charge in [0.2, 0.25) is 35.4 Å². The Balaban J connectivity index is 1.02. The second kappa shape index (κ2) is 32.7. The number of piperidine rings is 1. The molecular weight excluding hydrogens is 1230 g/mol. The number of aliphatic hydroxyl groups is 6. The van der Waals surface area contributed by atoms with Crippen LogP contribution in [0.25, 0.3) is 0 Å². The molecule has 29 nitrogen and oxygen atoms in total. The van der Waals surface area contributed by atoms with E-state index in [9.17, 15) is 69.3 Å². The van der Waals surface area contributed by atoms with Gasteiger partial charge in [-0.3, -0.25) is 33.6 Å². The number of amides is 7. The summed E-state index contributed by atoms with van der Waals surface area (Å²) in [5.41, 5.74) is 9.23. The van der Waals surface area contributed by atoms with E-state index >= 15 is 0 Å². The van der Waals surface area contributed by atoms with E-state index in [2.05, 4.69) is 93.6 Å². The SMILES string of the molecule is CCCSC1CCN(c2ccc(N3CCN(c4ccc(C(=O)N[C@H]5C[C@H](O)CNC(=O)[C@@H]6[C@@H](O)[C@H](C)CN6C(=O)[C@H]([C@H](O)CCN)NC(=O)[C@H]([C@H](O)Cc6ccc(O)c(OSOOO)c6)NC(=O)[C@@H]6C[C@H](O)CN6C(=O)[C@H]([C@H](C)O)NC5=O)cc4)CC3)cc2)CC1. The third-order valence-corrected chi connectivity index (χ3v) is 19.2. The van der Waals surface area contributed by atoms with Gasteiger partial charge in [0.05, 0.1) is 36.6 Å². The van der Waals surface area contributed by atoms with Gasteiger partial charge in [0.1, 0.15) is 36.3 Å². The summed E-state index contributed by atoms with van der Waals surface area (Å²) in [6, 6.07) is 7.99. The smallest absolute Gasteiger partial charge is 0.261 e. The van der Waals surface area contributed by atoms with Crippen molar-refractivity contribution in [2.24, 2.45) is 11.7 Å². The zero-order valence-electron chi connectivity index (χ0n) is 51.0. The predicted molar refractivity (Wildman–Crippen MR) is 335 cm³/mol. The maximum Gasteiger partial charge on any atom is 0.261 e. The van der Waals surface area contributed by atoms with Crippen LogP contribution in [0.3, 0.4) is 0 Å². The van der Waals surface area contributed by atoms with Crippen LogP contribution in [-0.4, -0.2) is 241 Å². The first kappa shape index (κ1) is 70.1. The average molecular weight is 1310 g/mol. The van der Waals surface area contributed by atoms with Crippen LogP contribution in [-0.2, 0) is 44.6 Å². The van der Waals surface area contributed by atoms with Crippen molar-refractivity contribution in [1.29, 1.82) is 0 Å². The quantitative estimate of drug-likeness (QED) is 0.0281. The van der Waals surface area contributed by atoms with Crippen molar-refractivity contribution in [2.75, 3.05) is 85.9 Å². The number of hydrogen-bond acceptors (Lipinski definition) is 24. The number of rotatable bonds is 19. The summed E-state index contributed by atoms with van der Waals surface area (Å²) in [6.45, 7) is 8.12. The molecule has 5 aliphatic heterocycles. The molecule has 5 saturated heterocycles. The zero-order chi connectivity index (χ0) is 65.6. The summed E-state index contributed by atoms with van der Waals surface area (Å²) in [4.78, 5) is 110. The normalized spacial score (nSPS) is 27.2. The van der Waals surface area contributed by atoms with E-state index in [1.807, 2.05) is 0 Å². The van der Waals surface area contributed by atoms with Crippen molar-refractivity contribution in [2.45, 2.75) is 144 Å². The number of β-amino-alcohol motifs (C(OH)–C–C–N with tert-alkyl or cyclic N) is 1. The van der Waals surface area contributed by atoms with Gasteiger partial charge in [-0.1, -0.05) is 29.3 Å². The highest BCUT2D eigenvalue weighted by Crippen LogP contribution is 2.33. The van der Waals surface area contributed by atoms with E-state index in [0.717, 1.165) is 65.6 Å². The number of nitrogens with two attached hydrogens (primary N) is 1. The number of anilines is 3. The topological polar surface area (TPSA) is 411 Å². The average Bonchev–Trinajstić information content (AvgIpc) is 1.72. The van der Waals surface area contributed by atoms with Gasteiger partial charge in [-0.25, -0.2) is 5.26 Å². The molecule has 0 unspecified atom stereocenters. The monoisotopic (exact) mass is 1310 g/mol. The van der Waals surface area contributed by atoms with Gasteiger partial charge in [-0.05, 0) is 111 Å². The number of benzene rings is 3. The lowest BCUT2D eigenvalue weighted by atomic mass is 9.98. The lowest BCUT2D eigenvalue weighted by Crippen LogP contribution is -2.64. The Morgan fingerprint density at radius 1 is 0.725 bits per heavy atom. The molecule has 7 amide bonds. The van der Waals surface area contributed by atoms with Crippen molar-refractivity contribution in [3.63, 3.8) is 0 Å². The molecule has 5 fully saturated rings. The van der Waals surface area contributed by atoms with E-state index in [1.165, 1.54) is 49.8 Å². The van der Waals surface area contributed by atoms with Gasteiger partial charge in [-0.15, -0.1) is 0 Å². The minimum atomic E-state index is -2.09. The Morgan fingerprint density at radius 3 is 1.92 bits per heavy atom. The number of carbonyl (C=O) groups is 7. The molecule has 0 radical (unpaired) electrons. The highest BCUT2D eigenvalue weighted by Gasteiger charge is 2.50. The number of fused-ring (bicyclic) bond motifs is 2. The number of nitrogens with zero attached hydrogens (tertiary/aromatic N) is 5. The van der Waals surface area contributed by atoms with Crippen molar-refractivity contribution < 1.29 is 88.1 Å². The molecule has 3 aromatic carbocycles. The number of carbonyl (C=O) groups excluding carboxylic acids is 7. The Morgan fingerprint density at radius 2 is 1.32 bits per heavy atom. The number of piperazine rings is 1. The minimum Gasteiger partial charge on any atom is -0.504 e. The first-order chi connectivity index (χ1) is 43.6. The van der Waals surface area contributed by atoms with Crippen LogP contribution in [0.2, 0.25) is 0 Å². The standard InChI is InChI=1S/C60H85N11O18S2/c1-4-25-90-42-16-19-67(20-17-42)38-10-12-39(13-11-38)69-23-21-68(22-24-69)37-8-6-36(7-9-37)54(79)63-43-28-40(73)30-62-58(83)52-53(78)33(2)31-71(52)60(85)51(46(76)15-18-61)66-57(82)50(47(77)26-35-5-14-45(75)48(27-35)87-91-89-88-86)65-56(81)44-29-41(74)32-70(44)59(84)49(34(3)72)64-55(43)80/h5-14,27,33-34,40-44,46-47,49-53,72-78,86H,4,15-26,28-32,61H2,1-3H3,(H,62,83)(H,63,79)(H,64,80)(H,65,81)(H,66,82)/t33-,34+,40+,41+,43+,44+,46-,47-,49+,50+,51+,52+,53+/m1/s1. The Kier molecular flexibility index (Phi) is 25.2. The molecule has 15 N–H and O–H groups in total. The molecule has 500 valence electrons. The van der Waals surface area contributed by atoms with Crippen molar-refractivity contribution in [3.05, 3.63) is 77.9 Å². The summed E-state index contributed by atoms with van der Waals surface area (Å²) < 4.78 is 9.35. The molecule has 5 aliphatic rings. The van der Waals surface area contributed by atoms with Crippen LogP contribution < -0.4 is 51.2 Å². The lowest BCUT2D eigenvalue weighted by Gasteiger charge is -2.38. The Labute approximate surface area is 535 Å². The van der Waals surface area contributed by atoms with E-state index in [4.69, 9.17) is 15.2 Å². The molecule has 0 bridgehead atoms. The predicted octanol–water partition coefficient (Wildman–Crippen LogP) is -1.51. The second-order valence-corrected chi connectivity index (χ2v) is 25.6. The zero-order valence-corrected chi connectivity index (χ0v) is 52.6. The molecule has 5 heterocycles. The van der Waals surface area contributed by atoms with Gasteiger partial charge in [-0.2, -0.15) is 11.8 Å². The molecule has 31 heteroatoms. The van der Waals surface area contributed by atoms with Gasteiger partial charge in [0, 0.05) is 112 Å². The summed E-state index contributed by atoms with van der Waals surface area (Å²) in [6.07, 6.45) is -8.51. The van der Waals surface area contributed by atoms with Crippen molar-refractivity contribution >= 4 is 82.5 Å². The summed E-state index contributed by atoms with van der Waals surface area (Å²) in [5.74, 6) is -7.91. The van der Waals surface area contributed by atoms with Crippen LogP contribution in [0.15, 0.2) is 66.7 Å². The molecule has 91 heavy (non-hydrogen) atoms. The van der Waals surface area contributed by atoms with E-state index < -0.39 is 158 Å². The van der Waals surface area contributed by atoms with E-state index in [1.54, 1.807) is 24.3 Å². The largest absolute Gasteiger partial charge is 0.504 e. The lowest BCUT2D eigenvalue weighted by molar-refractivity contribution is -0.433. The first-order valence-corrected chi connectivity index (χ1v) is 32.4. The van der Waals surface area contributed by atoms with Crippen LogP contribution in [0.5, 0.6) is 11.5 Å². The Bertz CT molecular complexity index is 2960. The number of phenols is 1. The molecule has 0 aliphatic carbocycles. The number of aromatic hydroxyl groups is 1. The van der Waals surface area contributed by atoms with Crippen LogP contribution in [0.1, 0.15) is 75.2 Å². The van der Waals surface area contributed by atoms with Crippen molar-refractivity contribution in [1.82, 2.24) is 36.4 Å². The van der Waals surface area contributed by atoms with E-state index in [0.29, 0.717) is 13.1 Å². The fraction of sp³-hybridized carbons (Fsp3) is 0.583. The molecule has 8 rings (SSSR count). The highest BCUT2D eigenvalue weighted by atomic mass is 32.2. The fourth-order valence-corrected chi connectivity index (χ4v) is 13.5. The van der Waals surface area contributed by atoms with Gasteiger partial charge < -0.3 is 96.7 Å². The maximum atomic E-state index is 14.7. The molecule has 3 aromatic rings. The van der Waals surface area contributed by atoms with Gasteiger partial charge in [0.25, 0.3) is 18.2 Å². The molecule has 13 atom stereocenters. The highest BCUT2D eigenvalue weighted by molar-refractivity contribution is 7.99. The molecule has 0 spiro atoms. The number of thioether (sulfide) groups is 1. The fourth-order valence-electron chi connectivity index (χ4n) is 12.2. The number of aliphatic hydroxyl groups excluding tert-OH is 6. The second-order valence-electron chi connectivity index (χ2n) is 23.8. The minimum absolute atomic E-state index is 0.0875. The van der Waals surface area contributed by atoms with Gasteiger partial charge >= 0.3 is 0 Å². The van der Waals surface area contributed by atoms with Crippen LogP contribution in [0, 0.1) is 5.92 Å². The number of phenolic OH excluding ortho intramolecular Hbond substituents is 1. The third-order valence-electron chi connectivity index (χ3n) is 17.2. The summed E-state index contributed by atoms with van der Waals surface area (Å²) in [5, 5.41) is 104. The van der Waals surface area contributed by atoms with Gasteiger partial charge in [0.15, 0.2) is 11.5 Å². The van der Waals surface area contributed by atoms with Crippen molar-refractivity contribution in [3.8, 4) is 11.5 Å². The molecular formula is C60H85N11O18S2. The molecule has 0 aromatic heterocycles. The van der Waals surface area contributed by atoms with Crippen LogP contribution >= 0.6 is 24.1 Å². The summed E-state index contributed by atoms with van der Waals surface area (Å²) >= 11 is 2.17. The number of hydrogen-bond donors (Lipinski definition) is 14. The third kappa shape index (κ3) is 17.9. The first-order valence-electron chi connectivity index (χ1n) is 30.7. The summed E-state index contributed by atoms with van der Waals surface area (Å²) in [7, 11) is 0. The van der Waals surface area contributed by atoms with E-state index in [-0.39, 0.29) is 48.7 Å². The Hall–Kier alpha value is -6.75. The maximum absolute atomic E-state index is 14.7. The van der Waals surface area contributed by atoms with Crippen LogP contribution in [0.4, 0.5) is 17.1 Å². The number of nitrogens with one attached hydrogen (secondary N) is 5. The molecule has 0 saturated carbocycles.